The average Bonchev–Trinajstić information content (AvgIpc) is 3.98. The van der Waals surface area contributed by atoms with Gasteiger partial charge in [-0.2, -0.15) is 0 Å². The number of hydrogen-bond donors (Lipinski definition) is 4. The zero-order valence-corrected chi connectivity index (χ0v) is 29.1. The van der Waals surface area contributed by atoms with Crippen molar-refractivity contribution in [1.82, 2.24) is 26.2 Å². The topological polar surface area (TPSA) is 154 Å². The Balaban J connectivity index is 1.57. The van der Waals surface area contributed by atoms with Crippen LogP contribution in [0.5, 0.6) is 0 Å². The highest BCUT2D eigenvalue weighted by molar-refractivity contribution is 6.38. The van der Waals surface area contributed by atoms with E-state index < -0.39 is 70.5 Å². The van der Waals surface area contributed by atoms with Gasteiger partial charge in [0.1, 0.15) is 12.1 Å². The van der Waals surface area contributed by atoms with E-state index in [0.717, 1.165) is 57.8 Å². The quantitative estimate of drug-likeness (QED) is 0.177. The highest BCUT2D eigenvalue weighted by Gasteiger charge is 2.51. The molecule has 4 aliphatic rings. The minimum absolute atomic E-state index is 0.0124. The van der Waals surface area contributed by atoms with Crippen molar-refractivity contribution >= 4 is 35.3 Å². The van der Waals surface area contributed by atoms with Gasteiger partial charge in [-0.05, 0) is 69.6 Å². The molecule has 3 saturated carbocycles. The van der Waals surface area contributed by atoms with Crippen molar-refractivity contribution in [2.75, 3.05) is 13.6 Å². The minimum atomic E-state index is -1.02. The van der Waals surface area contributed by atoms with Gasteiger partial charge in [-0.1, -0.05) is 52.9 Å². The lowest BCUT2D eigenvalue weighted by Gasteiger charge is -2.38. The number of Topliss-reactive ketones (excluding diaryl/α,β-unsaturated/α-hetero) is 2. The van der Waals surface area contributed by atoms with Crippen LogP contribution >= 0.6 is 0 Å². The molecule has 4 fully saturated rings. The zero-order chi connectivity index (χ0) is 34.7. The summed E-state index contributed by atoms with van der Waals surface area (Å²) in [5.74, 6) is 0.227. The first-order chi connectivity index (χ1) is 22.1. The van der Waals surface area contributed by atoms with E-state index in [-0.39, 0.29) is 30.1 Å². The summed E-state index contributed by atoms with van der Waals surface area (Å²) in [4.78, 5) is 82.2. The largest absolute Gasteiger partial charge is 0.353 e. The molecular weight excluding hydrogens is 598 g/mol. The molecule has 1 saturated heterocycles. The van der Waals surface area contributed by atoms with Gasteiger partial charge in [0.15, 0.2) is 5.78 Å². The fourth-order valence-electron chi connectivity index (χ4n) is 7.32. The number of terminal acetylenes is 1. The Hall–Kier alpha value is -3.42. The number of hydrogen-bond acceptors (Lipinski definition) is 6. The Kier molecular flexibility index (Phi) is 11.5. The summed E-state index contributed by atoms with van der Waals surface area (Å²) in [6.45, 7) is 9.43. The van der Waals surface area contributed by atoms with Crippen molar-refractivity contribution in [3.05, 3.63) is 0 Å². The van der Waals surface area contributed by atoms with Crippen molar-refractivity contribution in [1.29, 1.82) is 0 Å². The SMILES string of the molecule is C#CC(C)(C)[C@H]1CCN(C(=O)[C@@H](NC(=O)N[C@H](C(=O)C2CC2)C2CCCCC2)C(C)(C)C)[C@@H]1C(=O)NC(CC1CC1)C(=O)C(=O)NC. The summed E-state index contributed by atoms with van der Waals surface area (Å²) in [5, 5.41) is 11.0. The number of urea groups is 1. The molecule has 0 bridgehead atoms. The first kappa shape index (κ1) is 36.4. The number of nitrogens with zero attached hydrogens (tertiary/aromatic N) is 1. The van der Waals surface area contributed by atoms with Crippen molar-refractivity contribution in [2.24, 2.45) is 34.5 Å². The molecule has 260 valence electrons. The molecule has 1 aliphatic heterocycles. The Bertz CT molecular complexity index is 1270. The van der Waals surface area contributed by atoms with Crippen LogP contribution in [-0.4, -0.2) is 78.0 Å². The van der Waals surface area contributed by atoms with E-state index in [0.29, 0.717) is 12.8 Å². The van der Waals surface area contributed by atoms with Crippen LogP contribution < -0.4 is 21.3 Å². The van der Waals surface area contributed by atoms with E-state index in [4.69, 9.17) is 6.42 Å². The van der Waals surface area contributed by atoms with Crippen LogP contribution in [0.4, 0.5) is 4.79 Å². The lowest BCUT2D eigenvalue weighted by Crippen LogP contribution is -2.62. The number of amides is 5. The molecular formula is C36H55N5O6. The normalized spacial score (nSPS) is 23.9. The highest BCUT2D eigenvalue weighted by Crippen LogP contribution is 2.41. The molecule has 0 aromatic rings. The Morgan fingerprint density at radius 3 is 2.02 bits per heavy atom. The van der Waals surface area contributed by atoms with Gasteiger partial charge in [0.25, 0.3) is 5.91 Å². The number of rotatable bonds is 13. The van der Waals surface area contributed by atoms with Crippen LogP contribution in [0.15, 0.2) is 0 Å². The standard InChI is InChI=1S/C36H55N5O6/c1-8-36(5,6)24-18-19-41(27(24)31(44)38-25(20-21-14-15-21)29(43)32(45)37-7)33(46)30(35(2,3)4)40-34(47)39-26(28(42)23-16-17-23)22-12-10-9-11-13-22/h1,21-27,30H,9-20H2,2-7H3,(H,37,45)(H,38,44)(H2,39,40,47)/t24-,25?,26-,27-,30+/m0/s1. The average molecular weight is 654 g/mol. The first-order valence-electron chi connectivity index (χ1n) is 17.5. The maximum Gasteiger partial charge on any atom is 0.316 e. The minimum Gasteiger partial charge on any atom is -0.353 e. The molecule has 5 amide bonds. The molecule has 0 aromatic carbocycles. The number of carbonyl (C=O) groups excluding carboxylic acids is 6. The number of nitrogens with one attached hydrogen (secondary N) is 4. The predicted octanol–water partition coefficient (Wildman–Crippen LogP) is 3.10. The van der Waals surface area contributed by atoms with Crippen molar-refractivity contribution < 1.29 is 28.8 Å². The lowest BCUT2D eigenvalue weighted by atomic mass is 9.75. The number of carbonyl (C=O) groups is 6. The molecule has 4 rings (SSSR count). The molecule has 4 N–H and O–H groups in total. The maximum absolute atomic E-state index is 14.5. The maximum atomic E-state index is 14.5. The van der Waals surface area contributed by atoms with Crippen LogP contribution in [0.25, 0.3) is 0 Å². The highest BCUT2D eigenvalue weighted by atomic mass is 16.2. The van der Waals surface area contributed by atoms with E-state index in [9.17, 15) is 28.8 Å². The summed E-state index contributed by atoms with van der Waals surface area (Å²) in [6.07, 6.45) is 15.2. The molecule has 11 nitrogen and oxygen atoms in total. The molecule has 0 spiro atoms. The van der Waals surface area contributed by atoms with E-state index in [1.165, 1.54) is 11.9 Å². The summed E-state index contributed by atoms with van der Waals surface area (Å²) >= 11 is 0. The van der Waals surface area contributed by atoms with E-state index in [1.807, 2.05) is 34.6 Å². The van der Waals surface area contributed by atoms with Gasteiger partial charge in [0, 0.05) is 30.8 Å². The molecule has 0 aromatic heterocycles. The van der Waals surface area contributed by atoms with Crippen molar-refractivity contribution in [2.45, 2.75) is 129 Å². The molecule has 11 heteroatoms. The van der Waals surface area contributed by atoms with Gasteiger partial charge in [-0.25, -0.2) is 4.79 Å². The third-order valence-electron chi connectivity index (χ3n) is 10.7. The second kappa shape index (κ2) is 14.8. The number of likely N-dealkylation sites (N-methyl/N-ethyl adjacent to an activating group) is 1. The van der Waals surface area contributed by atoms with Crippen LogP contribution in [0.1, 0.15) is 105 Å². The summed E-state index contributed by atoms with van der Waals surface area (Å²) in [7, 11) is 1.37. The molecule has 5 atom stereocenters. The van der Waals surface area contributed by atoms with Crippen LogP contribution in [0.3, 0.4) is 0 Å². The van der Waals surface area contributed by atoms with Crippen LogP contribution in [-0.2, 0) is 24.0 Å². The Morgan fingerprint density at radius 1 is 0.851 bits per heavy atom. The van der Waals surface area contributed by atoms with E-state index in [2.05, 4.69) is 27.2 Å². The zero-order valence-electron chi connectivity index (χ0n) is 29.1. The van der Waals surface area contributed by atoms with Crippen molar-refractivity contribution in [3.63, 3.8) is 0 Å². The third kappa shape index (κ3) is 8.94. The molecule has 0 radical (unpaired) electrons. The molecule has 47 heavy (non-hydrogen) atoms. The molecule has 1 heterocycles. The Morgan fingerprint density at radius 2 is 1.49 bits per heavy atom. The fourth-order valence-corrected chi connectivity index (χ4v) is 7.32. The van der Waals surface area contributed by atoms with Gasteiger partial charge < -0.3 is 26.2 Å². The lowest BCUT2D eigenvalue weighted by molar-refractivity contribution is -0.145. The summed E-state index contributed by atoms with van der Waals surface area (Å²) < 4.78 is 0. The summed E-state index contributed by atoms with van der Waals surface area (Å²) in [6, 6.07) is -4.24. The predicted molar refractivity (Wildman–Crippen MR) is 178 cm³/mol. The van der Waals surface area contributed by atoms with Gasteiger partial charge in [0.2, 0.25) is 17.6 Å². The van der Waals surface area contributed by atoms with Gasteiger partial charge in [-0.3, -0.25) is 24.0 Å². The third-order valence-corrected chi connectivity index (χ3v) is 10.7. The molecule has 1 unspecified atom stereocenters. The fraction of sp³-hybridized carbons (Fsp3) is 0.778. The Labute approximate surface area is 279 Å². The van der Waals surface area contributed by atoms with Crippen LogP contribution in [0.2, 0.25) is 0 Å². The second-order valence-corrected chi connectivity index (χ2v) is 15.9. The number of likely N-dealkylation sites (tertiary alicyclic amines) is 1. The van der Waals surface area contributed by atoms with Gasteiger partial charge >= 0.3 is 6.03 Å². The summed E-state index contributed by atoms with van der Waals surface area (Å²) in [5.41, 5.74) is -1.52. The van der Waals surface area contributed by atoms with Crippen LogP contribution in [0, 0.1) is 46.8 Å². The molecule has 3 aliphatic carbocycles. The van der Waals surface area contributed by atoms with Gasteiger partial charge in [0.05, 0.1) is 12.1 Å². The first-order valence-corrected chi connectivity index (χ1v) is 17.5. The smallest absolute Gasteiger partial charge is 0.316 e. The van der Waals surface area contributed by atoms with E-state index in [1.54, 1.807) is 0 Å². The second-order valence-electron chi connectivity index (χ2n) is 15.9. The van der Waals surface area contributed by atoms with Gasteiger partial charge in [-0.15, -0.1) is 12.3 Å². The van der Waals surface area contributed by atoms with Crippen molar-refractivity contribution in [3.8, 4) is 12.3 Å². The monoisotopic (exact) mass is 653 g/mol. The van der Waals surface area contributed by atoms with E-state index >= 15 is 0 Å². The number of ketones is 2.